The van der Waals surface area contributed by atoms with E-state index in [0.717, 1.165) is 7.05 Å². The van der Waals surface area contributed by atoms with Crippen LogP contribution in [-0.2, 0) is 14.3 Å². The van der Waals surface area contributed by atoms with E-state index >= 15 is 0 Å². The average molecular weight is 448 g/mol. The number of nitrogens with zero attached hydrogens (tertiary/aromatic N) is 1. The Morgan fingerprint density at radius 1 is 1.03 bits per heavy atom. The molecule has 0 radical (unpaired) electrons. The molecular weight excluding hydrogens is 430 g/mol. The molecule has 0 aliphatic heterocycles. The van der Waals surface area contributed by atoms with Gasteiger partial charge in [-0.2, -0.15) is 13.2 Å². The number of ether oxygens (including phenoxy) is 1. The van der Waals surface area contributed by atoms with Crippen molar-refractivity contribution in [3.05, 3.63) is 69.7 Å². The van der Waals surface area contributed by atoms with Gasteiger partial charge in [-0.15, -0.1) is 0 Å². The van der Waals surface area contributed by atoms with E-state index in [1.807, 2.05) is 0 Å². The zero-order valence-corrected chi connectivity index (χ0v) is 17.1. The standard InChI is InChI=1S/C20H18Cl2F3NO3/c1-3-29-19(28)17(12-8-5-4-6-9-12)26(2)18(27)16(20(23,24)25)15-13(21)10-7-11-14(15)22/h4-11,16-17H,3H2,1-2H3. The molecular formula is C20H18Cl2F3NO3. The van der Waals surface area contributed by atoms with Crippen molar-refractivity contribution in [3.63, 3.8) is 0 Å². The molecule has 0 bridgehead atoms. The molecule has 2 aromatic carbocycles. The minimum Gasteiger partial charge on any atom is -0.464 e. The molecule has 0 aliphatic rings. The predicted molar refractivity (Wildman–Crippen MR) is 104 cm³/mol. The summed E-state index contributed by atoms with van der Waals surface area (Å²) in [5.74, 6) is -4.87. The van der Waals surface area contributed by atoms with Crippen molar-refractivity contribution in [2.75, 3.05) is 13.7 Å². The zero-order chi connectivity index (χ0) is 21.8. The molecule has 29 heavy (non-hydrogen) atoms. The molecule has 0 fully saturated rings. The van der Waals surface area contributed by atoms with Gasteiger partial charge in [-0.1, -0.05) is 59.6 Å². The maximum absolute atomic E-state index is 13.9. The molecule has 2 aromatic rings. The van der Waals surface area contributed by atoms with Gasteiger partial charge in [0.05, 0.1) is 6.61 Å². The minimum atomic E-state index is -4.99. The molecule has 1 amide bonds. The molecule has 156 valence electrons. The number of alkyl halides is 3. The number of carbonyl (C=O) groups is 2. The van der Waals surface area contributed by atoms with Crippen molar-refractivity contribution < 1.29 is 27.5 Å². The van der Waals surface area contributed by atoms with Gasteiger partial charge in [0.25, 0.3) is 0 Å². The molecule has 0 N–H and O–H groups in total. The second-order valence-corrected chi connectivity index (χ2v) is 6.94. The molecule has 9 heteroatoms. The van der Waals surface area contributed by atoms with E-state index in [1.54, 1.807) is 25.1 Å². The highest BCUT2D eigenvalue weighted by Gasteiger charge is 2.50. The predicted octanol–water partition coefficient (Wildman–Crippen LogP) is 5.40. The third-order valence-electron chi connectivity index (χ3n) is 4.22. The van der Waals surface area contributed by atoms with Crippen molar-refractivity contribution in [1.29, 1.82) is 0 Å². The Bertz CT molecular complexity index is 855. The average Bonchev–Trinajstić information content (AvgIpc) is 2.64. The van der Waals surface area contributed by atoms with Gasteiger partial charge in [0.1, 0.15) is 0 Å². The third kappa shape index (κ3) is 5.22. The van der Waals surface area contributed by atoms with Gasteiger partial charge in [-0.05, 0) is 24.6 Å². The summed E-state index contributed by atoms with van der Waals surface area (Å²) in [6.07, 6.45) is -4.99. The van der Waals surface area contributed by atoms with Crippen molar-refractivity contribution in [2.24, 2.45) is 0 Å². The number of rotatable bonds is 6. The van der Waals surface area contributed by atoms with E-state index in [1.165, 1.54) is 30.3 Å². The summed E-state index contributed by atoms with van der Waals surface area (Å²) >= 11 is 11.9. The third-order valence-corrected chi connectivity index (χ3v) is 4.88. The van der Waals surface area contributed by atoms with E-state index in [-0.39, 0.29) is 16.7 Å². The maximum Gasteiger partial charge on any atom is 0.404 e. The summed E-state index contributed by atoms with van der Waals surface area (Å²) in [7, 11) is 1.11. The molecule has 0 saturated carbocycles. The SMILES string of the molecule is CCOC(=O)C(c1ccccc1)N(C)C(=O)C(c1c(Cl)cccc1Cl)C(F)(F)F. The van der Waals surface area contributed by atoms with Crippen LogP contribution in [0.1, 0.15) is 30.0 Å². The van der Waals surface area contributed by atoms with Crippen LogP contribution in [0.2, 0.25) is 10.0 Å². The van der Waals surface area contributed by atoms with E-state index in [9.17, 15) is 22.8 Å². The van der Waals surface area contributed by atoms with Gasteiger partial charge >= 0.3 is 12.1 Å². The number of hydrogen-bond acceptors (Lipinski definition) is 3. The lowest BCUT2D eigenvalue weighted by atomic mass is 9.95. The van der Waals surface area contributed by atoms with E-state index in [2.05, 4.69) is 0 Å². The number of likely N-dealkylation sites (N-methyl/N-ethyl adjacent to an activating group) is 1. The fourth-order valence-corrected chi connectivity index (χ4v) is 3.53. The molecule has 2 unspecified atom stereocenters. The monoisotopic (exact) mass is 447 g/mol. The van der Waals surface area contributed by atoms with Crippen LogP contribution in [0.3, 0.4) is 0 Å². The summed E-state index contributed by atoms with van der Waals surface area (Å²) in [4.78, 5) is 26.2. The first kappa shape index (κ1) is 23.0. The first-order chi connectivity index (χ1) is 13.6. The second kappa shape index (κ2) is 9.50. The fourth-order valence-electron chi connectivity index (χ4n) is 2.92. The Kier molecular flexibility index (Phi) is 7.54. The zero-order valence-electron chi connectivity index (χ0n) is 15.5. The molecule has 2 atom stereocenters. The van der Waals surface area contributed by atoms with Crippen LogP contribution in [0.15, 0.2) is 48.5 Å². The van der Waals surface area contributed by atoms with Crippen molar-refractivity contribution in [1.82, 2.24) is 4.90 Å². The van der Waals surface area contributed by atoms with Crippen LogP contribution in [-0.4, -0.2) is 36.6 Å². The highest BCUT2D eigenvalue weighted by atomic mass is 35.5. The van der Waals surface area contributed by atoms with Crippen LogP contribution in [0, 0.1) is 0 Å². The molecule has 0 spiro atoms. The van der Waals surface area contributed by atoms with Gasteiger partial charge in [0.2, 0.25) is 5.91 Å². The van der Waals surface area contributed by atoms with Gasteiger partial charge in [-0.3, -0.25) is 4.79 Å². The van der Waals surface area contributed by atoms with Crippen LogP contribution in [0.25, 0.3) is 0 Å². The largest absolute Gasteiger partial charge is 0.464 e. The van der Waals surface area contributed by atoms with E-state index < -0.39 is 35.6 Å². The smallest absolute Gasteiger partial charge is 0.404 e. The minimum absolute atomic E-state index is 0.00321. The summed E-state index contributed by atoms with van der Waals surface area (Å²) in [6.45, 7) is 1.56. The van der Waals surface area contributed by atoms with Gasteiger partial charge in [-0.25, -0.2) is 4.79 Å². The highest BCUT2D eigenvalue weighted by molar-refractivity contribution is 6.36. The lowest BCUT2D eigenvalue weighted by Gasteiger charge is -2.31. The molecule has 0 heterocycles. The van der Waals surface area contributed by atoms with Crippen molar-refractivity contribution in [3.8, 4) is 0 Å². The molecule has 0 saturated heterocycles. The fraction of sp³-hybridized carbons (Fsp3) is 0.300. The Labute approximate surface area is 176 Å². The molecule has 2 rings (SSSR count). The summed E-state index contributed by atoms with van der Waals surface area (Å²) < 4.78 is 46.7. The van der Waals surface area contributed by atoms with Crippen LogP contribution in [0.4, 0.5) is 13.2 Å². The Morgan fingerprint density at radius 2 is 1.59 bits per heavy atom. The number of esters is 1. The quantitative estimate of drug-likeness (QED) is 0.556. The maximum atomic E-state index is 13.9. The van der Waals surface area contributed by atoms with Crippen molar-refractivity contribution >= 4 is 35.1 Å². The highest BCUT2D eigenvalue weighted by Crippen LogP contribution is 2.43. The van der Waals surface area contributed by atoms with Gasteiger partial charge < -0.3 is 9.64 Å². The number of halogens is 5. The van der Waals surface area contributed by atoms with E-state index in [0.29, 0.717) is 10.5 Å². The van der Waals surface area contributed by atoms with Crippen LogP contribution in [0.5, 0.6) is 0 Å². The van der Waals surface area contributed by atoms with E-state index in [4.69, 9.17) is 27.9 Å². The molecule has 0 aromatic heterocycles. The first-order valence-corrected chi connectivity index (χ1v) is 9.34. The van der Waals surface area contributed by atoms with Crippen LogP contribution >= 0.6 is 23.2 Å². The number of carbonyl (C=O) groups excluding carboxylic acids is 2. The van der Waals surface area contributed by atoms with Crippen LogP contribution < -0.4 is 0 Å². The lowest BCUT2D eigenvalue weighted by molar-refractivity contribution is -0.176. The van der Waals surface area contributed by atoms with Gasteiger partial charge in [0.15, 0.2) is 12.0 Å². The lowest BCUT2D eigenvalue weighted by Crippen LogP contribution is -2.43. The number of benzene rings is 2. The Hall–Kier alpha value is -2.25. The summed E-state index contributed by atoms with van der Waals surface area (Å²) in [6, 6.07) is 10.4. The normalized spacial score (nSPS) is 13.5. The molecule has 0 aliphatic carbocycles. The Morgan fingerprint density at radius 3 is 2.07 bits per heavy atom. The second-order valence-electron chi connectivity index (χ2n) is 6.12. The Balaban J connectivity index is 2.55. The van der Waals surface area contributed by atoms with Crippen molar-refractivity contribution in [2.45, 2.75) is 25.1 Å². The molecule has 4 nitrogen and oxygen atoms in total. The van der Waals surface area contributed by atoms with Gasteiger partial charge in [0, 0.05) is 22.7 Å². The number of hydrogen-bond donors (Lipinski definition) is 0. The summed E-state index contributed by atoms with van der Waals surface area (Å²) in [5, 5.41) is -0.594. The number of amides is 1. The first-order valence-electron chi connectivity index (χ1n) is 8.58. The topological polar surface area (TPSA) is 46.6 Å². The summed E-state index contributed by atoms with van der Waals surface area (Å²) in [5.41, 5.74) is -0.246.